The molecule has 4 aliphatic carbocycles. The second-order valence-electron chi connectivity index (χ2n) is 9.38. The van der Waals surface area contributed by atoms with Crippen molar-refractivity contribution in [1.82, 2.24) is 10.9 Å². The van der Waals surface area contributed by atoms with E-state index < -0.39 is 0 Å². The van der Waals surface area contributed by atoms with Gasteiger partial charge in [-0.2, -0.15) is 0 Å². The van der Waals surface area contributed by atoms with Crippen molar-refractivity contribution < 1.29 is 19.1 Å². The van der Waals surface area contributed by atoms with E-state index in [2.05, 4.69) is 10.9 Å². The van der Waals surface area contributed by atoms with Crippen molar-refractivity contribution in [2.24, 2.45) is 23.2 Å². The van der Waals surface area contributed by atoms with E-state index in [9.17, 15) is 9.59 Å². The molecule has 2 amide bonds. The van der Waals surface area contributed by atoms with E-state index >= 15 is 0 Å². The topological polar surface area (TPSA) is 76.7 Å². The molecule has 5 rings (SSSR count). The van der Waals surface area contributed by atoms with Crippen LogP contribution in [0.1, 0.15) is 56.9 Å². The maximum atomic E-state index is 12.5. The zero-order chi connectivity index (χ0) is 20.4. The smallest absolute Gasteiger partial charge is 0.238 e. The Labute approximate surface area is 172 Å². The van der Waals surface area contributed by atoms with Gasteiger partial charge in [0.25, 0.3) is 0 Å². The van der Waals surface area contributed by atoms with Gasteiger partial charge in [-0.3, -0.25) is 20.4 Å². The van der Waals surface area contributed by atoms with Crippen LogP contribution >= 0.6 is 0 Å². The predicted octanol–water partition coefficient (Wildman–Crippen LogP) is 3.39. The van der Waals surface area contributed by atoms with E-state index in [0.29, 0.717) is 30.8 Å². The second-order valence-corrected chi connectivity index (χ2v) is 9.38. The van der Waals surface area contributed by atoms with Crippen LogP contribution in [0.25, 0.3) is 0 Å². The monoisotopic (exact) mass is 400 g/mol. The summed E-state index contributed by atoms with van der Waals surface area (Å²) in [6, 6.07) is 5.62. The Hall–Kier alpha value is -2.24. The summed E-state index contributed by atoms with van der Waals surface area (Å²) >= 11 is 0. The van der Waals surface area contributed by atoms with Crippen LogP contribution in [-0.4, -0.2) is 26.0 Å². The predicted molar refractivity (Wildman–Crippen MR) is 109 cm³/mol. The largest absolute Gasteiger partial charge is 0.493 e. The Kier molecular flexibility index (Phi) is 5.70. The van der Waals surface area contributed by atoms with Crippen LogP contribution in [0.4, 0.5) is 0 Å². The first-order valence-electron chi connectivity index (χ1n) is 10.8. The number of carbonyl (C=O) groups is 2. The fourth-order valence-corrected chi connectivity index (χ4v) is 6.39. The van der Waals surface area contributed by atoms with E-state index in [1.807, 2.05) is 18.2 Å². The van der Waals surface area contributed by atoms with Gasteiger partial charge in [-0.1, -0.05) is 6.07 Å². The van der Waals surface area contributed by atoms with E-state index in [1.165, 1.54) is 38.5 Å². The first-order chi connectivity index (χ1) is 14.0. The number of methoxy groups -OCH3 is 2. The minimum Gasteiger partial charge on any atom is -0.493 e. The standard InChI is InChI=1S/C23H32N2O4/c1-28-19-5-3-15(10-20(19)29-2)4-6-21(26)24-25-22(27)14-23-11-16-7-17(12-23)9-18(8-16)13-23/h3,5,10,16-18H,4,6-9,11-14H2,1-2H3,(H,24,26)(H,25,27). The highest BCUT2D eigenvalue weighted by molar-refractivity contribution is 5.82. The van der Waals surface area contributed by atoms with Gasteiger partial charge in [0, 0.05) is 12.8 Å². The lowest BCUT2D eigenvalue weighted by atomic mass is 9.49. The van der Waals surface area contributed by atoms with Crippen LogP contribution in [0, 0.1) is 23.2 Å². The molecule has 0 saturated heterocycles. The Morgan fingerprint density at radius 2 is 1.52 bits per heavy atom. The lowest BCUT2D eigenvalue weighted by molar-refractivity contribution is -0.134. The van der Waals surface area contributed by atoms with Crippen molar-refractivity contribution >= 4 is 11.8 Å². The lowest BCUT2D eigenvalue weighted by Gasteiger charge is -2.56. The molecular formula is C23H32N2O4. The highest BCUT2D eigenvalue weighted by atomic mass is 16.5. The van der Waals surface area contributed by atoms with Crippen molar-refractivity contribution in [2.45, 2.75) is 57.8 Å². The molecule has 4 saturated carbocycles. The lowest BCUT2D eigenvalue weighted by Crippen LogP contribution is -2.50. The molecule has 29 heavy (non-hydrogen) atoms. The van der Waals surface area contributed by atoms with E-state index in [4.69, 9.17) is 9.47 Å². The molecule has 0 atom stereocenters. The molecule has 0 radical (unpaired) electrons. The molecule has 0 unspecified atom stereocenters. The number of ether oxygens (including phenoxy) is 2. The fraction of sp³-hybridized carbons (Fsp3) is 0.652. The van der Waals surface area contributed by atoms with Crippen LogP contribution in [0.3, 0.4) is 0 Å². The van der Waals surface area contributed by atoms with Crippen molar-refractivity contribution in [3.63, 3.8) is 0 Å². The summed E-state index contributed by atoms with van der Waals surface area (Å²) in [6.45, 7) is 0. The Morgan fingerprint density at radius 1 is 0.931 bits per heavy atom. The molecule has 4 aliphatic rings. The van der Waals surface area contributed by atoms with Crippen molar-refractivity contribution in [3.05, 3.63) is 23.8 Å². The van der Waals surface area contributed by atoms with Gasteiger partial charge in [-0.25, -0.2) is 0 Å². The van der Waals surface area contributed by atoms with Gasteiger partial charge in [0.15, 0.2) is 11.5 Å². The van der Waals surface area contributed by atoms with Crippen molar-refractivity contribution in [1.29, 1.82) is 0 Å². The molecule has 158 valence electrons. The highest BCUT2D eigenvalue weighted by Crippen LogP contribution is 2.61. The molecule has 1 aromatic carbocycles. The number of rotatable bonds is 7. The number of carbonyl (C=O) groups excluding carboxylic acids is 2. The summed E-state index contributed by atoms with van der Waals surface area (Å²) in [5.74, 6) is 3.55. The maximum absolute atomic E-state index is 12.5. The third-order valence-electron chi connectivity index (χ3n) is 7.13. The van der Waals surface area contributed by atoms with Crippen molar-refractivity contribution in [3.8, 4) is 11.5 Å². The Balaban J connectivity index is 1.22. The number of hydrogen-bond donors (Lipinski definition) is 2. The average Bonchev–Trinajstić information content (AvgIpc) is 2.69. The minimum atomic E-state index is -0.182. The molecule has 6 nitrogen and oxygen atoms in total. The third kappa shape index (κ3) is 4.51. The number of aryl methyl sites for hydroxylation is 1. The van der Waals surface area contributed by atoms with Crippen LogP contribution in [-0.2, 0) is 16.0 Å². The number of benzene rings is 1. The summed E-state index contributed by atoms with van der Waals surface area (Å²) < 4.78 is 10.5. The van der Waals surface area contributed by atoms with Gasteiger partial charge in [0.2, 0.25) is 11.8 Å². The zero-order valence-electron chi connectivity index (χ0n) is 17.5. The van der Waals surface area contributed by atoms with Gasteiger partial charge < -0.3 is 9.47 Å². The van der Waals surface area contributed by atoms with Gasteiger partial charge in [-0.05, 0) is 85.8 Å². The van der Waals surface area contributed by atoms with Crippen LogP contribution in [0.15, 0.2) is 18.2 Å². The van der Waals surface area contributed by atoms with Crippen LogP contribution in [0.2, 0.25) is 0 Å². The molecule has 0 aromatic heterocycles. The first-order valence-corrected chi connectivity index (χ1v) is 10.8. The summed E-state index contributed by atoms with van der Waals surface area (Å²) in [6.07, 6.45) is 9.10. The van der Waals surface area contributed by atoms with Crippen LogP contribution in [0.5, 0.6) is 11.5 Å². The van der Waals surface area contributed by atoms with E-state index in [1.54, 1.807) is 14.2 Å². The number of hydrogen-bond acceptors (Lipinski definition) is 4. The fourth-order valence-electron chi connectivity index (χ4n) is 6.39. The van der Waals surface area contributed by atoms with Gasteiger partial charge >= 0.3 is 0 Å². The Morgan fingerprint density at radius 3 is 2.10 bits per heavy atom. The second kappa shape index (κ2) is 8.25. The maximum Gasteiger partial charge on any atom is 0.238 e. The molecule has 0 heterocycles. The molecular weight excluding hydrogens is 368 g/mol. The molecule has 4 bridgehead atoms. The van der Waals surface area contributed by atoms with E-state index in [-0.39, 0.29) is 17.2 Å². The molecule has 0 aliphatic heterocycles. The SMILES string of the molecule is COc1ccc(CCC(=O)NNC(=O)CC23CC4CC(CC(C4)C2)C3)cc1OC. The molecule has 4 fully saturated rings. The molecule has 0 spiro atoms. The highest BCUT2D eigenvalue weighted by Gasteiger charge is 2.51. The molecule has 2 N–H and O–H groups in total. The number of amides is 2. The number of nitrogens with one attached hydrogen (secondary N) is 2. The van der Waals surface area contributed by atoms with Gasteiger partial charge in [0.1, 0.15) is 0 Å². The summed E-state index contributed by atoms with van der Waals surface area (Å²) in [5.41, 5.74) is 6.41. The third-order valence-corrected chi connectivity index (χ3v) is 7.13. The summed E-state index contributed by atoms with van der Waals surface area (Å²) in [4.78, 5) is 24.7. The number of hydrazine groups is 1. The van der Waals surface area contributed by atoms with E-state index in [0.717, 1.165) is 23.3 Å². The van der Waals surface area contributed by atoms with Gasteiger partial charge in [-0.15, -0.1) is 0 Å². The van der Waals surface area contributed by atoms with Crippen LogP contribution < -0.4 is 20.3 Å². The normalized spacial score (nSPS) is 29.4. The average molecular weight is 401 g/mol. The zero-order valence-corrected chi connectivity index (χ0v) is 17.5. The molecule has 6 heteroatoms. The quantitative estimate of drug-likeness (QED) is 0.688. The Bertz CT molecular complexity index is 741. The van der Waals surface area contributed by atoms with Crippen molar-refractivity contribution in [2.75, 3.05) is 14.2 Å². The summed E-state index contributed by atoms with van der Waals surface area (Å²) in [7, 11) is 3.19. The minimum absolute atomic E-state index is 0.0496. The van der Waals surface area contributed by atoms with Gasteiger partial charge in [0.05, 0.1) is 14.2 Å². The summed E-state index contributed by atoms with van der Waals surface area (Å²) in [5, 5.41) is 0. The first kappa shape index (κ1) is 20.0. The molecule has 1 aromatic rings.